The van der Waals surface area contributed by atoms with Crippen LogP contribution in [0.4, 0.5) is 10.5 Å². The summed E-state index contributed by atoms with van der Waals surface area (Å²) in [7, 11) is 0. The summed E-state index contributed by atoms with van der Waals surface area (Å²) in [5, 5.41) is 3.06. The average Bonchev–Trinajstić information content (AvgIpc) is 3.07. The van der Waals surface area contributed by atoms with Crippen LogP contribution in [0.2, 0.25) is 0 Å². The van der Waals surface area contributed by atoms with Gasteiger partial charge in [-0.05, 0) is 63.6 Å². The van der Waals surface area contributed by atoms with Gasteiger partial charge in [-0.1, -0.05) is 19.1 Å². The predicted octanol–water partition coefficient (Wildman–Crippen LogP) is 4.02. The first kappa shape index (κ1) is 20.0. The molecule has 0 unspecified atom stereocenters. The fourth-order valence-electron chi connectivity index (χ4n) is 4.22. The predicted molar refractivity (Wildman–Crippen MR) is 110 cm³/mol. The number of amides is 1. The Morgan fingerprint density at radius 3 is 2.44 bits per heavy atom. The molecule has 5 heteroatoms. The molecule has 1 aromatic carbocycles. The van der Waals surface area contributed by atoms with Crippen LogP contribution in [0.15, 0.2) is 24.3 Å². The summed E-state index contributed by atoms with van der Waals surface area (Å²) >= 11 is 0. The quantitative estimate of drug-likeness (QED) is 0.866. The van der Waals surface area contributed by atoms with E-state index in [1.807, 2.05) is 20.8 Å². The van der Waals surface area contributed by atoms with Crippen LogP contribution in [0.3, 0.4) is 0 Å². The zero-order valence-corrected chi connectivity index (χ0v) is 17.3. The van der Waals surface area contributed by atoms with Crippen LogP contribution in [0.5, 0.6) is 0 Å². The van der Waals surface area contributed by atoms with Crippen molar-refractivity contribution < 1.29 is 9.53 Å². The van der Waals surface area contributed by atoms with Crippen molar-refractivity contribution >= 4 is 11.8 Å². The maximum absolute atomic E-state index is 12.1. The number of piperidine rings is 1. The van der Waals surface area contributed by atoms with Gasteiger partial charge in [0.25, 0.3) is 0 Å². The number of hydrogen-bond acceptors (Lipinski definition) is 4. The lowest BCUT2D eigenvalue weighted by Gasteiger charge is -2.37. The summed E-state index contributed by atoms with van der Waals surface area (Å²) in [4.78, 5) is 17.0. The SMILES string of the molecule is C[C@H]1C[C@@H](NC(=O)OC(C)(C)C)CN(Cc2ccc(N3CCCC3)cc2)C1. The Hall–Kier alpha value is -1.75. The van der Waals surface area contributed by atoms with E-state index in [9.17, 15) is 4.79 Å². The van der Waals surface area contributed by atoms with Crippen LogP contribution in [0.1, 0.15) is 52.5 Å². The van der Waals surface area contributed by atoms with Crippen molar-refractivity contribution in [3.05, 3.63) is 29.8 Å². The first-order valence-electron chi connectivity index (χ1n) is 10.3. The van der Waals surface area contributed by atoms with E-state index < -0.39 is 5.60 Å². The number of anilines is 1. The minimum Gasteiger partial charge on any atom is -0.444 e. The molecule has 0 radical (unpaired) electrons. The largest absolute Gasteiger partial charge is 0.444 e. The highest BCUT2D eigenvalue weighted by Gasteiger charge is 2.27. The summed E-state index contributed by atoms with van der Waals surface area (Å²) in [6.45, 7) is 13.2. The fraction of sp³-hybridized carbons (Fsp3) is 0.682. The van der Waals surface area contributed by atoms with Crippen LogP contribution in [-0.2, 0) is 11.3 Å². The summed E-state index contributed by atoms with van der Waals surface area (Å²) in [5.41, 5.74) is 2.22. The molecule has 2 fully saturated rings. The van der Waals surface area contributed by atoms with Gasteiger partial charge in [-0.15, -0.1) is 0 Å². The van der Waals surface area contributed by atoms with E-state index >= 15 is 0 Å². The second kappa shape index (κ2) is 8.51. The Bertz CT molecular complexity index is 617. The number of likely N-dealkylation sites (tertiary alicyclic amines) is 1. The number of nitrogens with one attached hydrogen (secondary N) is 1. The van der Waals surface area contributed by atoms with Crippen molar-refractivity contribution in [2.75, 3.05) is 31.1 Å². The highest BCUT2D eigenvalue weighted by Crippen LogP contribution is 2.23. The molecule has 2 aliphatic rings. The van der Waals surface area contributed by atoms with Gasteiger partial charge >= 0.3 is 6.09 Å². The molecular formula is C22H35N3O2. The summed E-state index contributed by atoms with van der Waals surface area (Å²) in [6.07, 6.45) is 3.30. The van der Waals surface area contributed by atoms with Gasteiger partial charge in [0.15, 0.2) is 0 Å². The minimum absolute atomic E-state index is 0.146. The Morgan fingerprint density at radius 1 is 1.15 bits per heavy atom. The number of nitrogens with zero attached hydrogens (tertiary/aromatic N) is 2. The molecule has 2 atom stereocenters. The topological polar surface area (TPSA) is 44.8 Å². The number of benzene rings is 1. The number of ether oxygens (including phenoxy) is 1. The first-order chi connectivity index (χ1) is 12.8. The highest BCUT2D eigenvalue weighted by molar-refractivity contribution is 5.68. The van der Waals surface area contributed by atoms with Crippen LogP contribution in [0, 0.1) is 5.92 Å². The Kier molecular flexibility index (Phi) is 6.30. The van der Waals surface area contributed by atoms with Gasteiger partial charge < -0.3 is 15.0 Å². The molecule has 0 spiro atoms. The van der Waals surface area contributed by atoms with Crippen molar-refractivity contribution in [1.82, 2.24) is 10.2 Å². The Morgan fingerprint density at radius 2 is 1.81 bits per heavy atom. The molecule has 0 saturated carbocycles. The van der Waals surface area contributed by atoms with E-state index in [-0.39, 0.29) is 12.1 Å². The number of rotatable bonds is 4. The molecule has 27 heavy (non-hydrogen) atoms. The van der Waals surface area contributed by atoms with Crippen molar-refractivity contribution in [3.8, 4) is 0 Å². The molecule has 0 bridgehead atoms. The smallest absolute Gasteiger partial charge is 0.407 e. The molecule has 2 saturated heterocycles. The van der Waals surface area contributed by atoms with E-state index in [4.69, 9.17) is 4.74 Å². The lowest BCUT2D eigenvalue weighted by molar-refractivity contribution is 0.0450. The van der Waals surface area contributed by atoms with E-state index in [1.165, 1.54) is 37.2 Å². The molecule has 5 nitrogen and oxygen atoms in total. The molecule has 150 valence electrons. The van der Waals surface area contributed by atoms with Gasteiger partial charge in [-0.2, -0.15) is 0 Å². The van der Waals surface area contributed by atoms with E-state index in [0.29, 0.717) is 5.92 Å². The molecule has 1 N–H and O–H groups in total. The van der Waals surface area contributed by atoms with Gasteiger partial charge in [0.2, 0.25) is 0 Å². The molecule has 0 aliphatic carbocycles. The normalized spacial score (nSPS) is 24.1. The highest BCUT2D eigenvalue weighted by atomic mass is 16.6. The lowest BCUT2D eigenvalue weighted by atomic mass is 9.95. The third kappa shape index (κ3) is 6.13. The van der Waals surface area contributed by atoms with Gasteiger partial charge in [-0.3, -0.25) is 4.90 Å². The number of alkyl carbamates (subject to hydrolysis) is 1. The zero-order chi connectivity index (χ0) is 19.4. The Balaban J connectivity index is 1.54. The zero-order valence-electron chi connectivity index (χ0n) is 17.3. The van der Waals surface area contributed by atoms with Gasteiger partial charge in [-0.25, -0.2) is 4.79 Å². The van der Waals surface area contributed by atoms with E-state index in [2.05, 4.69) is 46.3 Å². The molecule has 0 aromatic heterocycles. The van der Waals surface area contributed by atoms with E-state index in [1.54, 1.807) is 0 Å². The second-order valence-corrected chi connectivity index (χ2v) is 9.24. The number of carbonyl (C=O) groups is 1. The van der Waals surface area contributed by atoms with Gasteiger partial charge in [0, 0.05) is 44.5 Å². The summed E-state index contributed by atoms with van der Waals surface area (Å²) < 4.78 is 5.42. The molecular weight excluding hydrogens is 338 g/mol. The maximum Gasteiger partial charge on any atom is 0.407 e. The fourth-order valence-corrected chi connectivity index (χ4v) is 4.22. The van der Waals surface area contributed by atoms with Gasteiger partial charge in [0.1, 0.15) is 5.60 Å². The molecule has 1 aromatic rings. The van der Waals surface area contributed by atoms with Crippen LogP contribution in [-0.4, -0.2) is 48.8 Å². The Labute approximate surface area is 164 Å². The van der Waals surface area contributed by atoms with Crippen LogP contribution >= 0.6 is 0 Å². The monoisotopic (exact) mass is 373 g/mol. The maximum atomic E-state index is 12.1. The van der Waals surface area contributed by atoms with Crippen molar-refractivity contribution in [1.29, 1.82) is 0 Å². The average molecular weight is 374 g/mol. The third-order valence-corrected chi connectivity index (χ3v) is 5.27. The van der Waals surface area contributed by atoms with Crippen molar-refractivity contribution in [3.63, 3.8) is 0 Å². The second-order valence-electron chi connectivity index (χ2n) is 9.24. The first-order valence-corrected chi connectivity index (χ1v) is 10.3. The molecule has 2 aliphatic heterocycles. The minimum atomic E-state index is -0.457. The van der Waals surface area contributed by atoms with Crippen molar-refractivity contribution in [2.45, 2.75) is 65.1 Å². The number of hydrogen-bond donors (Lipinski definition) is 1. The van der Waals surface area contributed by atoms with Crippen LogP contribution < -0.4 is 10.2 Å². The van der Waals surface area contributed by atoms with Gasteiger partial charge in [0.05, 0.1) is 0 Å². The third-order valence-electron chi connectivity index (χ3n) is 5.27. The number of carbonyl (C=O) groups excluding carboxylic acids is 1. The molecule has 3 rings (SSSR count). The summed E-state index contributed by atoms with van der Waals surface area (Å²) in [5.74, 6) is 0.558. The standard InChI is InChI=1S/C22H35N3O2/c1-17-13-19(23-21(26)27-22(2,3)4)16-24(14-17)15-18-7-9-20(10-8-18)25-11-5-6-12-25/h7-10,17,19H,5-6,11-16H2,1-4H3,(H,23,26)/t17-,19+/m0/s1. The lowest BCUT2D eigenvalue weighted by Crippen LogP contribution is -2.50. The summed E-state index contributed by atoms with van der Waals surface area (Å²) in [6, 6.07) is 9.16. The van der Waals surface area contributed by atoms with E-state index in [0.717, 1.165) is 26.1 Å². The molecule has 2 heterocycles. The molecule has 1 amide bonds. The van der Waals surface area contributed by atoms with Crippen LogP contribution in [0.25, 0.3) is 0 Å². The van der Waals surface area contributed by atoms with Crippen molar-refractivity contribution in [2.24, 2.45) is 5.92 Å².